The highest BCUT2D eigenvalue weighted by atomic mass is 32.2. The molecule has 0 amide bonds. The summed E-state index contributed by atoms with van der Waals surface area (Å²) < 4.78 is 57.2. The van der Waals surface area contributed by atoms with Crippen LogP contribution in [0.2, 0.25) is 0 Å². The van der Waals surface area contributed by atoms with Gasteiger partial charge in [0.25, 0.3) is 10.1 Å². The predicted molar refractivity (Wildman–Crippen MR) is 68.0 cm³/mol. The molecule has 0 aliphatic carbocycles. The summed E-state index contributed by atoms with van der Waals surface area (Å²) in [7, 11) is -4.41. The number of benzene rings is 1. The van der Waals surface area contributed by atoms with Crippen LogP contribution in [0.1, 0.15) is 0 Å². The van der Waals surface area contributed by atoms with Gasteiger partial charge in [-0.1, -0.05) is 27.8 Å². The molecular formula is C10H10F2N4O3S. The number of hydrogen-bond donors (Lipinski definition) is 2. The van der Waals surface area contributed by atoms with Crippen LogP contribution in [-0.4, -0.2) is 30.2 Å². The number of nitrogens with one attached hydrogen (secondary N) is 1. The molecule has 0 atom stereocenters. The van der Waals surface area contributed by atoms with E-state index in [2.05, 4.69) is 5.10 Å². The summed E-state index contributed by atoms with van der Waals surface area (Å²) in [5, 5.41) is 2.40. The van der Waals surface area contributed by atoms with Crippen LogP contribution in [0.25, 0.3) is 0 Å². The van der Waals surface area contributed by atoms with Gasteiger partial charge in [-0.25, -0.2) is 5.43 Å². The molecule has 20 heavy (non-hydrogen) atoms. The van der Waals surface area contributed by atoms with Crippen LogP contribution in [0.3, 0.4) is 0 Å². The maximum atomic E-state index is 13.1. The van der Waals surface area contributed by atoms with E-state index in [0.717, 1.165) is 11.0 Å². The minimum Gasteiger partial charge on any atom is -0.309 e. The second kappa shape index (κ2) is 5.43. The molecule has 1 aliphatic rings. The zero-order valence-corrected chi connectivity index (χ0v) is 10.8. The van der Waals surface area contributed by atoms with Gasteiger partial charge < -0.3 is 4.90 Å². The van der Waals surface area contributed by atoms with Crippen molar-refractivity contribution in [2.45, 2.75) is 0 Å². The number of rotatable bonds is 4. The molecule has 108 valence electrons. The van der Waals surface area contributed by atoms with Crippen LogP contribution >= 0.6 is 0 Å². The first kappa shape index (κ1) is 14.2. The van der Waals surface area contributed by atoms with Gasteiger partial charge >= 0.3 is 0 Å². The number of para-hydroxylation sites is 1. The summed E-state index contributed by atoms with van der Waals surface area (Å²) in [6.45, 7) is 0. The van der Waals surface area contributed by atoms with Crippen LogP contribution in [0.15, 0.2) is 47.3 Å². The fourth-order valence-corrected chi connectivity index (χ4v) is 2.18. The highest BCUT2D eigenvalue weighted by molar-refractivity contribution is 7.85. The highest BCUT2D eigenvalue weighted by Crippen LogP contribution is 2.20. The van der Waals surface area contributed by atoms with E-state index in [4.69, 9.17) is 4.55 Å². The largest absolute Gasteiger partial charge is 0.309 e. The minimum atomic E-state index is -4.41. The lowest BCUT2D eigenvalue weighted by Crippen LogP contribution is -2.41. The lowest BCUT2D eigenvalue weighted by molar-refractivity contribution is -0.0212. The number of anilines is 1. The average molecular weight is 304 g/mol. The first-order valence-corrected chi connectivity index (χ1v) is 6.92. The van der Waals surface area contributed by atoms with E-state index < -0.39 is 27.3 Å². The zero-order valence-electron chi connectivity index (χ0n) is 9.94. The van der Waals surface area contributed by atoms with E-state index in [1.54, 1.807) is 18.2 Å². The maximum Gasteiger partial charge on any atom is 0.283 e. The Balaban J connectivity index is 2.40. The van der Waals surface area contributed by atoms with Gasteiger partial charge in [-0.15, -0.1) is 0 Å². The molecule has 2 rings (SSSR count). The second-order valence-corrected chi connectivity index (χ2v) is 5.22. The van der Waals surface area contributed by atoms with E-state index in [1.165, 1.54) is 12.1 Å². The van der Waals surface area contributed by atoms with Gasteiger partial charge in [-0.3, -0.25) is 4.55 Å². The molecule has 1 aliphatic heterocycles. The first-order valence-electron chi connectivity index (χ1n) is 5.31. The van der Waals surface area contributed by atoms with E-state index in [1.807, 2.05) is 5.43 Å². The van der Waals surface area contributed by atoms with Crippen molar-refractivity contribution in [3.8, 4) is 0 Å². The highest BCUT2D eigenvalue weighted by Gasteiger charge is 2.23. The number of nitrogens with zero attached hydrogens (tertiary/aromatic N) is 3. The van der Waals surface area contributed by atoms with Crippen LogP contribution in [0, 0.1) is 0 Å². The minimum absolute atomic E-state index is 0.233. The Kier molecular flexibility index (Phi) is 3.86. The molecule has 2 N–H and O–H groups in total. The Morgan fingerprint density at radius 2 is 2.00 bits per heavy atom. The maximum absolute atomic E-state index is 13.1. The molecule has 0 radical (unpaired) electrons. The van der Waals surface area contributed by atoms with E-state index in [0.29, 0.717) is 5.69 Å². The van der Waals surface area contributed by atoms with Crippen molar-refractivity contribution in [2.75, 3.05) is 10.8 Å². The summed E-state index contributed by atoms with van der Waals surface area (Å²) in [4.78, 5) is 0.982. The van der Waals surface area contributed by atoms with Gasteiger partial charge in [0.05, 0.1) is 0 Å². The molecule has 0 aromatic heterocycles. The molecule has 0 unspecified atom stereocenters. The smallest absolute Gasteiger partial charge is 0.283 e. The van der Waals surface area contributed by atoms with Crippen molar-refractivity contribution in [3.63, 3.8) is 0 Å². The summed E-state index contributed by atoms with van der Waals surface area (Å²) in [5.41, 5.74) is 2.33. The number of halogens is 2. The van der Waals surface area contributed by atoms with E-state index in [-0.39, 0.29) is 5.82 Å². The predicted octanol–water partition coefficient (Wildman–Crippen LogP) is 1.17. The van der Waals surface area contributed by atoms with Crippen molar-refractivity contribution >= 4 is 21.8 Å². The zero-order chi connectivity index (χ0) is 14.8. The number of allylic oxidation sites excluding steroid dienone is 1. The van der Waals surface area contributed by atoms with E-state index in [9.17, 15) is 17.3 Å². The van der Waals surface area contributed by atoms with Gasteiger partial charge in [0.2, 0.25) is 5.97 Å². The van der Waals surface area contributed by atoms with Gasteiger partial charge in [0.15, 0.2) is 5.88 Å². The van der Waals surface area contributed by atoms with Crippen molar-refractivity contribution in [1.82, 2.24) is 10.8 Å². The molecule has 1 aromatic rings. The summed E-state index contributed by atoms with van der Waals surface area (Å²) in [6, 6.07) is 7.92. The second-order valence-electron chi connectivity index (χ2n) is 3.80. The van der Waals surface area contributed by atoms with Crippen molar-refractivity contribution in [1.29, 1.82) is 0 Å². The number of hydrazine groups is 1. The third-order valence-electron chi connectivity index (χ3n) is 2.30. The molecule has 0 fully saturated rings. The molecule has 7 nitrogen and oxygen atoms in total. The third kappa shape index (κ3) is 3.65. The SMILES string of the molecule is O=S(=O)(O)CN(C1=CC(F)=NN(F)N1)c1ccccc1. The first-order chi connectivity index (χ1) is 9.35. The fourth-order valence-electron chi connectivity index (χ4n) is 1.57. The lowest BCUT2D eigenvalue weighted by atomic mass is 10.3. The average Bonchev–Trinajstić information content (AvgIpc) is 2.35. The van der Waals surface area contributed by atoms with Crippen LogP contribution in [-0.2, 0) is 10.1 Å². The number of hydrogen-bond acceptors (Lipinski definition) is 6. The molecule has 0 saturated carbocycles. The Morgan fingerprint density at radius 1 is 1.35 bits per heavy atom. The van der Waals surface area contributed by atoms with Gasteiger partial charge in [-0.2, -0.15) is 12.8 Å². The fraction of sp³-hybridized carbons (Fsp3) is 0.100. The monoisotopic (exact) mass is 304 g/mol. The number of hydrazone groups is 1. The van der Waals surface area contributed by atoms with E-state index >= 15 is 0 Å². The molecule has 0 saturated heterocycles. The van der Waals surface area contributed by atoms with Gasteiger partial charge in [0, 0.05) is 11.8 Å². The van der Waals surface area contributed by atoms with Gasteiger partial charge in [0.1, 0.15) is 5.82 Å². The normalized spacial score (nSPS) is 15.2. The van der Waals surface area contributed by atoms with Crippen LogP contribution in [0.4, 0.5) is 14.6 Å². The molecule has 0 bridgehead atoms. The Labute approximate surface area is 113 Å². The third-order valence-corrected chi connectivity index (χ3v) is 2.88. The molecular weight excluding hydrogens is 294 g/mol. The summed E-state index contributed by atoms with van der Waals surface area (Å²) in [5.74, 6) is -2.27. The molecule has 1 heterocycles. The standard InChI is InChI=1S/C10H10F2N4O3S/c11-9-6-10(14-16(12)13-9)15(7-20(17,18)19)8-4-2-1-3-5-8/h1-6,14H,7H2,(H,17,18,19). The molecule has 10 heteroatoms. The molecule has 1 aromatic carbocycles. The summed E-state index contributed by atoms with van der Waals surface area (Å²) >= 11 is 0. The van der Waals surface area contributed by atoms with Crippen molar-refractivity contribution in [2.24, 2.45) is 5.10 Å². The van der Waals surface area contributed by atoms with Gasteiger partial charge in [-0.05, 0) is 17.5 Å². The van der Waals surface area contributed by atoms with Crippen LogP contribution < -0.4 is 10.3 Å². The molecule has 0 spiro atoms. The van der Waals surface area contributed by atoms with Crippen LogP contribution in [0.5, 0.6) is 0 Å². The summed E-state index contributed by atoms with van der Waals surface area (Å²) in [6.07, 6.45) is 0.800. The quantitative estimate of drug-likeness (QED) is 0.641. The topological polar surface area (TPSA) is 85.2 Å². The lowest BCUT2D eigenvalue weighted by Gasteiger charge is -2.28. The Bertz CT molecular complexity index is 648. The van der Waals surface area contributed by atoms with Crippen molar-refractivity contribution < 1.29 is 21.8 Å². The Hall–Kier alpha value is -2.20. The van der Waals surface area contributed by atoms with Crippen molar-refractivity contribution in [3.05, 3.63) is 42.2 Å². The Morgan fingerprint density at radius 3 is 2.55 bits per heavy atom.